The summed E-state index contributed by atoms with van der Waals surface area (Å²) in [5.74, 6) is 0.306. The number of allylic oxidation sites excluding steroid dienone is 2. The quantitative estimate of drug-likeness (QED) is 0.677. The standard InChI is InChI=1S/C15H22ClN3O2/c1-4-13(18-3)14(5-2)19-15(20)9-21-10-6-7-11(16)12(17)8-10/h6-8,18H,4-5,9,17H2,1-3H3,(H,19,20)/b14-13+. The Morgan fingerprint density at radius 2 is 1.95 bits per heavy atom. The van der Waals surface area contributed by atoms with Gasteiger partial charge in [-0.3, -0.25) is 4.79 Å². The van der Waals surface area contributed by atoms with Crippen molar-refractivity contribution in [2.75, 3.05) is 19.4 Å². The van der Waals surface area contributed by atoms with Gasteiger partial charge in [-0.15, -0.1) is 0 Å². The summed E-state index contributed by atoms with van der Waals surface area (Å²) in [6.45, 7) is 3.94. The largest absolute Gasteiger partial charge is 0.484 e. The summed E-state index contributed by atoms with van der Waals surface area (Å²) in [6.07, 6.45) is 1.57. The molecule has 116 valence electrons. The van der Waals surface area contributed by atoms with Crippen LogP contribution < -0.4 is 21.1 Å². The fourth-order valence-electron chi connectivity index (χ4n) is 1.88. The lowest BCUT2D eigenvalue weighted by molar-refractivity contribution is -0.122. The smallest absolute Gasteiger partial charge is 0.262 e. The Morgan fingerprint density at radius 3 is 2.48 bits per heavy atom. The number of benzene rings is 1. The summed E-state index contributed by atoms with van der Waals surface area (Å²) in [6, 6.07) is 4.91. The number of nitrogens with one attached hydrogen (secondary N) is 2. The SMILES string of the molecule is CC/C(NC)=C(/CC)NC(=O)COc1ccc(Cl)c(N)c1. The Morgan fingerprint density at radius 1 is 1.29 bits per heavy atom. The van der Waals surface area contributed by atoms with Crippen LogP contribution in [0.2, 0.25) is 5.02 Å². The summed E-state index contributed by atoms with van der Waals surface area (Å²) in [5.41, 5.74) is 7.99. The number of halogens is 1. The number of anilines is 1. The van der Waals surface area contributed by atoms with E-state index in [0.717, 1.165) is 24.2 Å². The first-order valence-electron chi connectivity index (χ1n) is 6.89. The zero-order valence-corrected chi connectivity index (χ0v) is 13.4. The van der Waals surface area contributed by atoms with E-state index in [0.29, 0.717) is 16.5 Å². The zero-order chi connectivity index (χ0) is 15.8. The van der Waals surface area contributed by atoms with Crippen LogP contribution in [0.5, 0.6) is 5.75 Å². The van der Waals surface area contributed by atoms with Gasteiger partial charge in [0.05, 0.1) is 10.7 Å². The van der Waals surface area contributed by atoms with E-state index in [4.69, 9.17) is 22.1 Å². The number of hydrogen-bond donors (Lipinski definition) is 3. The molecule has 0 unspecified atom stereocenters. The summed E-state index contributed by atoms with van der Waals surface area (Å²) in [5, 5.41) is 6.41. The van der Waals surface area contributed by atoms with Crippen LogP contribution in [0, 0.1) is 0 Å². The van der Waals surface area contributed by atoms with Gasteiger partial charge in [0.2, 0.25) is 0 Å². The van der Waals surface area contributed by atoms with Crippen molar-refractivity contribution >= 4 is 23.2 Å². The van der Waals surface area contributed by atoms with Gasteiger partial charge < -0.3 is 21.1 Å². The zero-order valence-electron chi connectivity index (χ0n) is 12.6. The van der Waals surface area contributed by atoms with Crippen molar-refractivity contribution in [1.29, 1.82) is 0 Å². The number of ether oxygens (including phenoxy) is 1. The summed E-state index contributed by atoms with van der Waals surface area (Å²) < 4.78 is 5.40. The molecule has 5 nitrogen and oxygen atoms in total. The molecule has 21 heavy (non-hydrogen) atoms. The van der Waals surface area contributed by atoms with Crippen molar-refractivity contribution in [3.05, 3.63) is 34.6 Å². The number of carbonyl (C=O) groups is 1. The molecule has 0 aliphatic carbocycles. The van der Waals surface area contributed by atoms with E-state index in [-0.39, 0.29) is 12.5 Å². The topological polar surface area (TPSA) is 76.4 Å². The minimum atomic E-state index is -0.207. The molecule has 1 aromatic carbocycles. The Labute approximate surface area is 130 Å². The van der Waals surface area contributed by atoms with Crippen LogP contribution in [0.25, 0.3) is 0 Å². The predicted octanol–water partition coefficient (Wildman–Crippen LogP) is 2.67. The number of rotatable bonds is 7. The highest BCUT2D eigenvalue weighted by Gasteiger charge is 2.08. The highest BCUT2D eigenvalue weighted by atomic mass is 35.5. The van der Waals surface area contributed by atoms with Crippen LogP contribution in [0.15, 0.2) is 29.6 Å². The molecule has 0 saturated carbocycles. The normalized spacial score (nSPS) is 11.6. The fraction of sp³-hybridized carbons (Fsp3) is 0.400. The molecule has 0 spiro atoms. The molecule has 4 N–H and O–H groups in total. The average molecular weight is 312 g/mol. The van der Waals surface area contributed by atoms with Crippen LogP contribution in [0.1, 0.15) is 26.7 Å². The Hall–Kier alpha value is -1.88. The van der Waals surface area contributed by atoms with Crippen LogP contribution in [-0.4, -0.2) is 19.6 Å². The summed E-state index contributed by atoms with van der Waals surface area (Å²) in [4.78, 5) is 11.9. The lowest BCUT2D eigenvalue weighted by atomic mass is 10.2. The molecule has 0 fully saturated rings. The molecule has 0 heterocycles. The van der Waals surface area contributed by atoms with Crippen LogP contribution in [0.3, 0.4) is 0 Å². The van der Waals surface area contributed by atoms with E-state index >= 15 is 0 Å². The second-order valence-electron chi connectivity index (χ2n) is 4.43. The first-order valence-corrected chi connectivity index (χ1v) is 7.27. The molecule has 0 radical (unpaired) electrons. The van der Waals surface area contributed by atoms with Gasteiger partial charge >= 0.3 is 0 Å². The predicted molar refractivity (Wildman–Crippen MR) is 86.2 cm³/mol. The molecular formula is C15H22ClN3O2. The van der Waals surface area contributed by atoms with Gasteiger partial charge in [-0.1, -0.05) is 25.4 Å². The molecule has 0 atom stereocenters. The number of nitrogen functional groups attached to an aromatic ring is 1. The Balaban J connectivity index is 2.61. The number of amides is 1. The summed E-state index contributed by atoms with van der Waals surface area (Å²) >= 11 is 5.82. The molecule has 1 aromatic rings. The highest BCUT2D eigenvalue weighted by molar-refractivity contribution is 6.33. The van der Waals surface area contributed by atoms with E-state index in [1.165, 1.54) is 0 Å². The molecule has 1 rings (SSSR count). The molecular weight excluding hydrogens is 290 g/mol. The second kappa shape index (κ2) is 8.42. The fourth-order valence-corrected chi connectivity index (χ4v) is 2.00. The van der Waals surface area contributed by atoms with Crippen molar-refractivity contribution in [3.8, 4) is 5.75 Å². The van der Waals surface area contributed by atoms with Crippen LogP contribution >= 0.6 is 11.6 Å². The van der Waals surface area contributed by atoms with Gasteiger partial charge in [-0.2, -0.15) is 0 Å². The van der Waals surface area contributed by atoms with Crippen molar-refractivity contribution in [3.63, 3.8) is 0 Å². The van der Waals surface area contributed by atoms with Crippen LogP contribution in [-0.2, 0) is 4.79 Å². The molecule has 0 bridgehead atoms. The van der Waals surface area contributed by atoms with Crippen molar-refractivity contribution in [2.24, 2.45) is 0 Å². The lowest BCUT2D eigenvalue weighted by Gasteiger charge is -2.14. The number of hydrogen-bond acceptors (Lipinski definition) is 4. The molecule has 0 aliphatic rings. The molecule has 1 amide bonds. The van der Waals surface area contributed by atoms with E-state index in [1.807, 2.05) is 20.9 Å². The second-order valence-corrected chi connectivity index (χ2v) is 4.84. The molecule has 0 saturated heterocycles. The molecule has 0 aromatic heterocycles. The lowest BCUT2D eigenvalue weighted by Crippen LogP contribution is -2.30. The van der Waals surface area contributed by atoms with Gasteiger partial charge in [0.1, 0.15) is 5.75 Å². The van der Waals surface area contributed by atoms with E-state index in [2.05, 4.69) is 10.6 Å². The van der Waals surface area contributed by atoms with E-state index in [1.54, 1.807) is 18.2 Å². The first-order chi connectivity index (χ1) is 10.0. The maximum atomic E-state index is 11.9. The van der Waals surface area contributed by atoms with Gasteiger partial charge in [0.25, 0.3) is 5.91 Å². The van der Waals surface area contributed by atoms with Gasteiger partial charge in [0.15, 0.2) is 6.61 Å². The van der Waals surface area contributed by atoms with E-state index < -0.39 is 0 Å². The van der Waals surface area contributed by atoms with Crippen molar-refractivity contribution < 1.29 is 9.53 Å². The van der Waals surface area contributed by atoms with Crippen molar-refractivity contribution in [1.82, 2.24) is 10.6 Å². The monoisotopic (exact) mass is 311 g/mol. The van der Waals surface area contributed by atoms with E-state index in [9.17, 15) is 4.79 Å². The summed E-state index contributed by atoms with van der Waals surface area (Å²) in [7, 11) is 1.84. The molecule has 0 aliphatic heterocycles. The van der Waals surface area contributed by atoms with Gasteiger partial charge in [-0.05, 0) is 25.0 Å². The first kappa shape index (κ1) is 17.2. The third-order valence-electron chi connectivity index (χ3n) is 3.00. The number of carbonyl (C=O) groups excluding carboxylic acids is 1. The maximum Gasteiger partial charge on any atom is 0.262 e. The Kier molecular flexibility index (Phi) is 6.88. The highest BCUT2D eigenvalue weighted by Crippen LogP contribution is 2.23. The number of nitrogens with two attached hydrogens (primary N) is 1. The third-order valence-corrected chi connectivity index (χ3v) is 3.35. The molecule has 6 heteroatoms. The van der Waals surface area contributed by atoms with Crippen LogP contribution in [0.4, 0.5) is 5.69 Å². The van der Waals surface area contributed by atoms with Crippen molar-refractivity contribution in [2.45, 2.75) is 26.7 Å². The minimum Gasteiger partial charge on any atom is -0.484 e. The maximum absolute atomic E-state index is 11.9. The average Bonchev–Trinajstić information content (AvgIpc) is 2.48. The van der Waals surface area contributed by atoms with Gasteiger partial charge in [-0.25, -0.2) is 0 Å². The minimum absolute atomic E-state index is 0.0781. The Bertz CT molecular complexity index is 524. The third kappa shape index (κ3) is 5.19. The van der Waals surface area contributed by atoms with Gasteiger partial charge in [0, 0.05) is 24.5 Å².